The van der Waals surface area contributed by atoms with E-state index in [2.05, 4.69) is 59.4 Å². The van der Waals surface area contributed by atoms with Crippen molar-refractivity contribution in [2.45, 2.75) is 46.4 Å². The van der Waals surface area contributed by atoms with Crippen LogP contribution in [0.3, 0.4) is 0 Å². The van der Waals surface area contributed by atoms with Crippen molar-refractivity contribution >= 4 is 15.9 Å². The average Bonchev–Trinajstić information content (AvgIpc) is 2.60. The highest BCUT2D eigenvalue weighted by molar-refractivity contribution is 9.10. The van der Waals surface area contributed by atoms with Gasteiger partial charge in [0.1, 0.15) is 6.61 Å². The van der Waals surface area contributed by atoms with Gasteiger partial charge in [-0.25, -0.2) is 0 Å². The van der Waals surface area contributed by atoms with E-state index in [-0.39, 0.29) is 0 Å². The molecule has 0 aliphatic rings. The summed E-state index contributed by atoms with van der Waals surface area (Å²) in [6.45, 7) is 8.29. The molecule has 0 aliphatic heterocycles. The molecule has 0 saturated carbocycles. The first-order valence-electron chi connectivity index (χ1n) is 8.49. The predicted molar refractivity (Wildman–Crippen MR) is 103 cm³/mol. The quantitative estimate of drug-likeness (QED) is 0.627. The van der Waals surface area contributed by atoms with Crippen LogP contribution in [0.15, 0.2) is 46.9 Å². The van der Waals surface area contributed by atoms with E-state index in [1.807, 2.05) is 25.1 Å². The Morgan fingerprint density at radius 3 is 2.46 bits per heavy atom. The molecule has 0 heterocycles. The summed E-state index contributed by atoms with van der Waals surface area (Å²) in [6, 6.07) is 14.8. The van der Waals surface area contributed by atoms with Crippen LogP contribution in [0.25, 0.3) is 0 Å². The highest BCUT2D eigenvalue weighted by Gasteiger charge is 2.13. The van der Waals surface area contributed by atoms with Gasteiger partial charge in [0.05, 0.1) is 11.1 Å². The third kappa shape index (κ3) is 5.53. The van der Waals surface area contributed by atoms with Crippen molar-refractivity contribution < 1.29 is 9.47 Å². The standard InChI is InChI=1S/C20H26BrNO2/c1-4-15(3)22-13-17-11-18(21)20(19(12-17)23-5-2)24-14-16-9-7-6-8-10-16/h6-12,15,22H,4-5,13-14H2,1-3H3. The lowest BCUT2D eigenvalue weighted by molar-refractivity contribution is 0.267. The van der Waals surface area contributed by atoms with Crippen LogP contribution in [0.5, 0.6) is 11.5 Å². The number of hydrogen-bond acceptors (Lipinski definition) is 3. The van der Waals surface area contributed by atoms with Gasteiger partial charge in [0.15, 0.2) is 11.5 Å². The number of halogens is 1. The molecule has 24 heavy (non-hydrogen) atoms. The van der Waals surface area contributed by atoms with E-state index < -0.39 is 0 Å². The molecule has 0 aliphatic carbocycles. The highest BCUT2D eigenvalue weighted by Crippen LogP contribution is 2.37. The van der Waals surface area contributed by atoms with E-state index in [9.17, 15) is 0 Å². The van der Waals surface area contributed by atoms with Gasteiger partial charge in [0.2, 0.25) is 0 Å². The van der Waals surface area contributed by atoms with E-state index in [1.54, 1.807) is 0 Å². The zero-order valence-corrected chi connectivity index (χ0v) is 16.2. The topological polar surface area (TPSA) is 30.5 Å². The molecule has 2 aromatic carbocycles. The molecular weight excluding hydrogens is 366 g/mol. The van der Waals surface area contributed by atoms with Gasteiger partial charge in [-0.15, -0.1) is 0 Å². The first-order chi connectivity index (χ1) is 11.6. The fraction of sp³-hybridized carbons (Fsp3) is 0.400. The predicted octanol–water partition coefficient (Wildman–Crippen LogP) is 5.31. The molecule has 4 heteroatoms. The van der Waals surface area contributed by atoms with Gasteiger partial charge in [0.25, 0.3) is 0 Å². The second-order valence-corrected chi connectivity index (χ2v) is 6.66. The molecular formula is C20H26BrNO2. The monoisotopic (exact) mass is 391 g/mol. The molecule has 0 amide bonds. The van der Waals surface area contributed by atoms with Crippen molar-refractivity contribution in [1.29, 1.82) is 0 Å². The van der Waals surface area contributed by atoms with Gasteiger partial charge >= 0.3 is 0 Å². The van der Waals surface area contributed by atoms with Crippen molar-refractivity contribution in [3.05, 3.63) is 58.1 Å². The molecule has 0 radical (unpaired) electrons. The Morgan fingerprint density at radius 2 is 1.79 bits per heavy atom. The van der Waals surface area contributed by atoms with E-state index in [1.165, 1.54) is 5.56 Å². The average molecular weight is 392 g/mol. The second kappa shape index (κ2) is 9.70. The molecule has 1 unspecified atom stereocenters. The van der Waals surface area contributed by atoms with Crippen LogP contribution in [0, 0.1) is 0 Å². The third-order valence-corrected chi connectivity index (χ3v) is 4.45. The minimum absolute atomic E-state index is 0.494. The number of hydrogen-bond donors (Lipinski definition) is 1. The van der Waals surface area contributed by atoms with Crippen molar-refractivity contribution in [3.63, 3.8) is 0 Å². The molecule has 1 atom stereocenters. The van der Waals surface area contributed by atoms with E-state index in [0.29, 0.717) is 19.3 Å². The molecule has 0 spiro atoms. The summed E-state index contributed by atoms with van der Waals surface area (Å²) in [6.07, 6.45) is 1.11. The molecule has 2 rings (SSSR count). The molecule has 3 nitrogen and oxygen atoms in total. The summed E-state index contributed by atoms with van der Waals surface area (Å²) in [7, 11) is 0. The summed E-state index contributed by atoms with van der Waals surface area (Å²) in [5.41, 5.74) is 2.31. The summed E-state index contributed by atoms with van der Waals surface area (Å²) >= 11 is 3.63. The molecule has 1 N–H and O–H groups in total. The molecule has 130 valence electrons. The van der Waals surface area contributed by atoms with Crippen molar-refractivity contribution in [2.75, 3.05) is 6.61 Å². The number of ether oxygens (including phenoxy) is 2. The third-order valence-electron chi connectivity index (χ3n) is 3.86. The molecule has 0 fully saturated rings. The Hall–Kier alpha value is -1.52. The van der Waals surface area contributed by atoms with E-state index in [4.69, 9.17) is 9.47 Å². The molecule has 0 saturated heterocycles. The number of benzene rings is 2. The summed E-state index contributed by atoms with van der Waals surface area (Å²) in [5, 5.41) is 3.51. The van der Waals surface area contributed by atoms with E-state index >= 15 is 0 Å². The minimum Gasteiger partial charge on any atom is -0.490 e. The second-order valence-electron chi connectivity index (χ2n) is 5.80. The summed E-state index contributed by atoms with van der Waals surface area (Å²) in [5.74, 6) is 1.54. The SMILES string of the molecule is CCOc1cc(CNC(C)CC)cc(Br)c1OCc1ccccc1. The lowest BCUT2D eigenvalue weighted by Crippen LogP contribution is -2.24. The van der Waals surface area contributed by atoms with Crippen molar-refractivity contribution in [3.8, 4) is 11.5 Å². The Bertz CT molecular complexity index is 631. The number of nitrogens with one attached hydrogen (secondary N) is 1. The first-order valence-corrected chi connectivity index (χ1v) is 9.28. The lowest BCUT2D eigenvalue weighted by atomic mass is 10.1. The zero-order chi connectivity index (χ0) is 17.4. The van der Waals surface area contributed by atoms with Crippen LogP contribution < -0.4 is 14.8 Å². The Morgan fingerprint density at radius 1 is 1.04 bits per heavy atom. The van der Waals surface area contributed by atoms with Crippen LogP contribution in [0.4, 0.5) is 0 Å². The van der Waals surface area contributed by atoms with Crippen molar-refractivity contribution in [2.24, 2.45) is 0 Å². The normalized spacial score (nSPS) is 12.0. The van der Waals surface area contributed by atoms with Gasteiger partial charge in [-0.2, -0.15) is 0 Å². The summed E-state index contributed by atoms with van der Waals surface area (Å²) in [4.78, 5) is 0. The van der Waals surface area contributed by atoms with Crippen LogP contribution in [0.2, 0.25) is 0 Å². The van der Waals surface area contributed by atoms with Gasteiger partial charge in [0, 0.05) is 12.6 Å². The van der Waals surface area contributed by atoms with Gasteiger partial charge in [-0.05, 0) is 59.5 Å². The molecule has 2 aromatic rings. The van der Waals surface area contributed by atoms with Crippen molar-refractivity contribution in [1.82, 2.24) is 5.32 Å². The first kappa shape index (κ1) is 18.8. The van der Waals surface area contributed by atoms with Crippen LogP contribution in [-0.2, 0) is 13.2 Å². The molecule has 0 bridgehead atoms. The fourth-order valence-corrected chi connectivity index (χ4v) is 2.90. The maximum absolute atomic E-state index is 6.02. The maximum atomic E-state index is 6.02. The van der Waals surface area contributed by atoms with Gasteiger partial charge in [-0.1, -0.05) is 37.3 Å². The van der Waals surface area contributed by atoms with Crippen LogP contribution in [-0.4, -0.2) is 12.6 Å². The Kier molecular flexibility index (Phi) is 7.60. The van der Waals surface area contributed by atoms with Gasteiger partial charge < -0.3 is 14.8 Å². The smallest absolute Gasteiger partial charge is 0.175 e. The molecule has 0 aromatic heterocycles. The van der Waals surface area contributed by atoms with Crippen LogP contribution in [0.1, 0.15) is 38.3 Å². The largest absolute Gasteiger partial charge is 0.490 e. The Labute approximate surface area is 153 Å². The fourth-order valence-electron chi connectivity index (χ4n) is 2.29. The van der Waals surface area contributed by atoms with Gasteiger partial charge in [-0.3, -0.25) is 0 Å². The Balaban J connectivity index is 2.14. The summed E-state index contributed by atoms with van der Waals surface area (Å²) < 4.78 is 12.7. The number of rotatable bonds is 9. The van der Waals surface area contributed by atoms with Crippen LogP contribution >= 0.6 is 15.9 Å². The van der Waals surface area contributed by atoms with E-state index in [0.717, 1.165) is 34.5 Å². The lowest BCUT2D eigenvalue weighted by Gasteiger charge is -2.17. The maximum Gasteiger partial charge on any atom is 0.175 e. The minimum atomic E-state index is 0.494. The highest BCUT2D eigenvalue weighted by atomic mass is 79.9. The zero-order valence-electron chi connectivity index (χ0n) is 14.6.